The van der Waals surface area contributed by atoms with Crippen LogP contribution < -0.4 is 10.6 Å². The van der Waals surface area contributed by atoms with Gasteiger partial charge in [-0.25, -0.2) is 4.98 Å². The highest BCUT2D eigenvalue weighted by atomic mass is 35.5. The van der Waals surface area contributed by atoms with E-state index in [1.54, 1.807) is 6.07 Å². The Labute approximate surface area is 140 Å². The lowest BCUT2D eigenvalue weighted by Crippen LogP contribution is -2.11. The predicted molar refractivity (Wildman–Crippen MR) is 92.1 cm³/mol. The van der Waals surface area contributed by atoms with Crippen LogP contribution in [0, 0.1) is 6.92 Å². The summed E-state index contributed by atoms with van der Waals surface area (Å²) in [6.07, 6.45) is 3.22. The molecule has 3 rings (SSSR count). The minimum atomic E-state index is 0.544. The zero-order valence-corrected chi connectivity index (χ0v) is 13.9. The summed E-state index contributed by atoms with van der Waals surface area (Å²) in [6.45, 7) is 2.72. The van der Waals surface area contributed by atoms with Crippen molar-refractivity contribution in [3.8, 4) is 0 Å². The first-order valence-corrected chi connectivity index (χ1v) is 8.16. The molecule has 0 saturated heterocycles. The quantitative estimate of drug-likeness (QED) is 0.824. The average Bonchev–Trinajstić information content (AvgIpc) is 3.24. The van der Waals surface area contributed by atoms with Crippen LogP contribution in [-0.4, -0.2) is 22.6 Å². The second-order valence-electron chi connectivity index (χ2n) is 5.55. The van der Waals surface area contributed by atoms with Crippen molar-refractivity contribution in [3.63, 3.8) is 0 Å². The molecule has 1 saturated carbocycles. The van der Waals surface area contributed by atoms with E-state index >= 15 is 0 Å². The van der Waals surface area contributed by atoms with Gasteiger partial charge in [-0.05, 0) is 43.9 Å². The standard InChI is InChI=1S/C16H18Cl2N4/c1-10-8-15(22-16(20-10)21-13-4-5-13)19-7-6-11-2-3-12(17)9-14(11)18/h2-3,8-9,13H,4-7H2,1H3,(H2,19,20,21,22). The fourth-order valence-corrected chi connectivity index (χ4v) is 2.69. The first-order chi connectivity index (χ1) is 10.6. The van der Waals surface area contributed by atoms with E-state index in [-0.39, 0.29) is 0 Å². The first kappa shape index (κ1) is 15.4. The number of hydrogen-bond donors (Lipinski definition) is 2. The van der Waals surface area contributed by atoms with Crippen molar-refractivity contribution in [2.24, 2.45) is 0 Å². The number of aryl methyl sites for hydroxylation is 1. The van der Waals surface area contributed by atoms with Gasteiger partial charge in [0.1, 0.15) is 5.82 Å². The van der Waals surface area contributed by atoms with Crippen molar-refractivity contribution in [3.05, 3.63) is 45.6 Å². The van der Waals surface area contributed by atoms with E-state index in [1.807, 2.05) is 25.1 Å². The Morgan fingerprint density at radius 1 is 1.18 bits per heavy atom. The van der Waals surface area contributed by atoms with Crippen LogP contribution in [0.4, 0.5) is 11.8 Å². The van der Waals surface area contributed by atoms with Crippen molar-refractivity contribution >= 4 is 35.0 Å². The smallest absolute Gasteiger partial charge is 0.225 e. The second kappa shape index (κ2) is 6.71. The zero-order valence-electron chi connectivity index (χ0n) is 12.4. The number of aromatic nitrogens is 2. The van der Waals surface area contributed by atoms with Gasteiger partial charge in [0.25, 0.3) is 0 Å². The molecule has 22 heavy (non-hydrogen) atoms. The fourth-order valence-electron chi connectivity index (χ4n) is 2.18. The van der Waals surface area contributed by atoms with Gasteiger partial charge in [0.05, 0.1) is 0 Å². The number of anilines is 2. The van der Waals surface area contributed by atoms with E-state index in [2.05, 4.69) is 20.6 Å². The molecule has 0 atom stereocenters. The number of hydrogen-bond acceptors (Lipinski definition) is 4. The third-order valence-electron chi connectivity index (χ3n) is 3.48. The Morgan fingerprint density at radius 2 is 2.00 bits per heavy atom. The molecule has 1 aromatic carbocycles. The van der Waals surface area contributed by atoms with Crippen LogP contribution in [0.2, 0.25) is 10.0 Å². The van der Waals surface area contributed by atoms with Crippen molar-refractivity contribution in [1.29, 1.82) is 0 Å². The number of nitrogens with zero attached hydrogens (tertiary/aromatic N) is 2. The third kappa shape index (κ3) is 4.24. The normalized spacial score (nSPS) is 14.0. The minimum Gasteiger partial charge on any atom is -0.370 e. The zero-order chi connectivity index (χ0) is 15.5. The van der Waals surface area contributed by atoms with E-state index in [0.29, 0.717) is 22.0 Å². The van der Waals surface area contributed by atoms with E-state index in [9.17, 15) is 0 Å². The van der Waals surface area contributed by atoms with Crippen LogP contribution in [0.25, 0.3) is 0 Å². The van der Waals surface area contributed by atoms with Crippen LogP contribution >= 0.6 is 23.2 Å². The van der Waals surface area contributed by atoms with Crippen LogP contribution in [0.5, 0.6) is 0 Å². The van der Waals surface area contributed by atoms with Crippen molar-refractivity contribution in [2.75, 3.05) is 17.2 Å². The molecule has 1 aromatic heterocycles. The molecule has 1 aliphatic carbocycles. The molecule has 0 unspecified atom stereocenters. The Bertz CT molecular complexity index is 671. The van der Waals surface area contributed by atoms with Gasteiger partial charge in [-0.2, -0.15) is 4.98 Å². The molecule has 0 bridgehead atoms. The molecule has 1 heterocycles. The van der Waals surface area contributed by atoms with Gasteiger partial charge in [0.2, 0.25) is 5.95 Å². The second-order valence-corrected chi connectivity index (χ2v) is 6.39. The molecule has 6 heteroatoms. The number of halogens is 2. The van der Waals surface area contributed by atoms with E-state index in [4.69, 9.17) is 23.2 Å². The molecular formula is C16H18Cl2N4. The van der Waals surface area contributed by atoms with Gasteiger partial charge in [0.15, 0.2) is 0 Å². The van der Waals surface area contributed by atoms with E-state index in [0.717, 1.165) is 30.0 Å². The molecule has 2 N–H and O–H groups in total. The number of nitrogens with one attached hydrogen (secondary N) is 2. The van der Waals surface area contributed by atoms with Crippen LogP contribution in [-0.2, 0) is 6.42 Å². The van der Waals surface area contributed by atoms with E-state index in [1.165, 1.54) is 12.8 Å². The first-order valence-electron chi connectivity index (χ1n) is 7.40. The summed E-state index contributed by atoms with van der Waals surface area (Å²) in [4.78, 5) is 8.90. The van der Waals surface area contributed by atoms with Crippen molar-refractivity contribution in [2.45, 2.75) is 32.2 Å². The summed E-state index contributed by atoms with van der Waals surface area (Å²) in [5.41, 5.74) is 2.02. The maximum atomic E-state index is 6.18. The highest BCUT2D eigenvalue weighted by Crippen LogP contribution is 2.24. The molecule has 1 fully saturated rings. The maximum absolute atomic E-state index is 6.18. The van der Waals surface area contributed by atoms with Crippen molar-refractivity contribution < 1.29 is 0 Å². The Kier molecular flexibility index (Phi) is 4.69. The summed E-state index contributed by atoms with van der Waals surface area (Å²) in [7, 11) is 0. The molecule has 4 nitrogen and oxygen atoms in total. The van der Waals surface area contributed by atoms with Crippen LogP contribution in [0.3, 0.4) is 0 Å². The predicted octanol–water partition coefficient (Wildman–Crippen LogP) is 4.32. The lowest BCUT2D eigenvalue weighted by molar-refractivity contribution is 0.981. The lowest BCUT2D eigenvalue weighted by atomic mass is 10.1. The number of benzene rings is 1. The molecule has 0 aliphatic heterocycles. The lowest BCUT2D eigenvalue weighted by Gasteiger charge is -2.10. The maximum Gasteiger partial charge on any atom is 0.225 e. The molecule has 2 aromatic rings. The summed E-state index contributed by atoms with van der Waals surface area (Å²) >= 11 is 12.1. The molecule has 1 aliphatic rings. The van der Waals surface area contributed by atoms with E-state index < -0.39 is 0 Å². The summed E-state index contributed by atoms with van der Waals surface area (Å²) in [5, 5.41) is 8.00. The topological polar surface area (TPSA) is 49.8 Å². The van der Waals surface area contributed by atoms with Gasteiger partial charge >= 0.3 is 0 Å². The molecule has 0 spiro atoms. The summed E-state index contributed by atoms with van der Waals surface area (Å²) in [5.74, 6) is 1.54. The Balaban J connectivity index is 1.59. The molecule has 0 amide bonds. The van der Waals surface area contributed by atoms with Gasteiger partial charge in [-0.3, -0.25) is 0 Å². The molecular weight excluding hydrogens is 319 g/mol. The molecule has 116 valence electrons. The largest absolute Gasteiger partial charge is 0.370 e. The van der Waals surface area contributed by atoms with Gasteiger partial charge in [0, 0.05) is 34.4 Å². The van der Waals surface area contributed by atoms with Gasteiger partial charge in [-0.15, -0.1) is 0 Å². The SMILES string of the molecule is Cc1cc(NCCc2ccc(Cl)cc2Cl)nc(NC2CC2)n1. The minimum absolute atomic E-state index is 0.544. The monoisotopic (exact) mass is 336 g/mol. The third-order valence-corrected chi connectivity index (χ3v) is 4.07. The Hall–Kier alpha value is -1.52. The number of rotatable bonds is 6. The highest BCUT2D eigenvalue weighted by molar-refractivity contribution is 6.35. The van der Waals surface area contributed by atoms with Crippen molar-refractivity contribution in [1.82, 2.24) is 9.97 Å². The van der Waals surface area contributed by atoms with Gasteiger partial charge in [-0.1, -0.05) is 29.3 Å². The summed E-state index contributed by atoms with van der Waals surface area (Å²) in [6, 6.07) is 8.07. The highest BCUT2D eigenvalue weighted by Gasteiger charge is 2.22. The Morgan fingerprint density at radius 3 is 2.73 bits per heavy atom. The molecule has 0 radical (unpaired) electrons. The van der Waals surface area contributed by atoms with Gasteiger partial charge < -0.3 is 10.6 Å². The van der Waals surface area contributed by atoms with Crippen LogP contribution in [0.15, 0.2) is 24.3 Å². The fraction of sp³-hybridized carbons (Fsp3) is 0.375. The average molecular weight is 337 g/mol. The summed E-state index contributed by atoms with van der Waals surface area (Å²) < 4.78 is 0. The van der Waals surface area contributed by atoms with Crippen LogP contribution in [0.1, 0.15) is 24.1 Å².